The molecule has 1 aliphatic carbocycles. The van der Waals surface area contributed by atoms with Crippen LogP contribution in [-0.2, 0) is 5.41 Å². The zero-order chi connectivity index (χ0) is 26.1. The minimum Gasteiger partial charge on any atom is -0.252 e. The Balaban J connectivity index is 1.34. The summed E-state index contributed by atoms with van der Waals surface area (Å²) >= 11 is 0. The van der Waals surface area contributed by atoms with E-state index in [9.17, 15) is 0 Å². The summed E-state index contributed by atoms with van der Waals surface area (Å²) in [5.74, 6) is 0. The number of hydrogen-bond donors (Lipinski definition) is 0. The first-order valence-corrected chi connectivity index (χ1v) is 13.5. The molecule has 1 heterocycles. The molecule has 1 aliphatic rings. The standard InChI is InChI=1S/C37H26N2/c1-37(2)32-18-10-9-14-27(32)28-20-19-23(21-33(28)37)24-11-3-6-15-29(24)34-22-38-35-30-16-7-4-12-25(30)26-13-5-8-17-31(26)36(35)39-34/h3-22H,1-2H3. The molecule has 0 unspecified atom stereocenters. The van der Waals surface area contributed by atoms with Crippen LogP contribution in [0.5, 0.6) is 0 Å². The van der Waals surface area contributed by atoms with Crippen LogP contribution in [0.25, 0.3) is 66.1 Å². The van der Waals surface area contributed by atoms with Crippen molar-refractivity contribution in [2.75, 3.05) is 0 Å². The van der Waals surface area contributed by atoms with Crippen LogP contribution < -0.4 is 0 Å². The second kappa shape index (κ2) is 8.09. The third-order valence-corrected chi connectivity index (χ3v) is 8.52. The molecule has 0 N–H and O–H groups in total. The fourth-order valence-corrected chi connectivity index (χ4v) is 6.58. The van der Waals surface area contributed by atoms with E-state index in [4.69, 9.17) is 9.97 Å². The maximum Gasteiger partial charge on any atom is 0.0979 e. The lowest BCUT2D eigenvalue weighted by Gasteiger charge is -2.22. The number of fused-ring (bicyclic) bond motifs is 9. The summed E-state index contributed by atoms with van der Waals surface area (Å²) in [6.45, 7) is 4.66. The molecule has 7 aromatic rings. The summed E-state index contributed by atoms with van der Waals surface area (Å²) in [5.41, 5.74) is 11.7. The normalized spacial score (nSPS) is 13.6. The highest BCUT2D eigenvalue weighted by Crippen LogP contribution is 2.50. The molecule has 6 aromatic carbocycles. The van der Waals surface area contributed by atoms with Crippen molar-refractivity contribution in [1.82, 2.24) is 9.97 Å². The first-order valence-electron chi connectivity index (χ1n) is 13.5. The number of aromatic nitrogens is 2. The summed E-state index contributed by atoms with van der Waals surface area (Å²) in [6.07, 6.45) is 1.94. The molecule has 0 saturated carbocycles. The van der Waals surface area contributed by atoms with Gasteiger partial charge < -0.3 is 0 Å². The zero-order valence-corrected chi connectivity index (χ0v) is 21.9. The molecule has 0 spiro atoms. The van der Waals surface area contributed by atoms with Gasteiger partial charge in [-0.15, -0.1) is 0 Å². The van der Waals surface area contributed by atoms with Crippen LogP contribution in [0.15, 0.2) is 121 Å². The van der Waals surface area contributed by atoms with Crippen molar-refractivity contribution in [1.29, 1.82) is 0 Å². The van der Waals surface area contributed by atoms with Crippen molar-refractivity contribution in [3.63, 3.8) is 0 Å². The molecule has 39 heavy (non-hydrogen) atoms. The summed E-state index contributed by atoms with van der Waals surface area (Å²) in [7, 11) is 0. The minimum atomic E-state index is -0.0421. The molecule has 0 saturated heterocycles. The van der Waals surface area contributed by atoms with E-state index in [-0.39, 0.29) is 5.41 Å². The van der Waals surface area contributed by atoms with Crippen molar-refractivity contribution in [2.45, 2.75) is 19.3 Å². The third kappa shape index (κ3) is 3.15. The zero-order valence-electron chi connectivity index (χ0n) is 21.9. The molecule has 8 rings (SSSR count). The van der Waals surface area contributed by atoms with Crippen molar-refractivity contribution in [2.24, 2.45) is 0 Å². The number of rotatable bonds is 2. The Kier molecular flexibility index (Phi) is 4.60. The lowest BCUT2D eigenvalue weighted by atomic mass is 9.81. The minimum absolute atomic E-state index is 0.0421. The molecule has 1 aromatic heterocycles. The van der Waals surface area contributed by atoms with Gasteiger partial charge in [0.25, 0.3) is 0 Å². The molecule has 2 heteroatoms. The smallest absolute Gasteiger partial charge is 0.0979 e. The molecule has 184 valence electrons. The topological polar surface area (TPSA) is 25.8 Å². The molecule has 2 nitrogen and oxygen atoms in total. The fourth-order valence-electron chi connectivity index (χ4n) is 6.58. The molecule has 0 atom stereocenters. The van der Waals surface area contributed by atoms with E-state index >= 15 is 0 Å². The molecule has 0 aliphatic heterocycles. The molecule has 0 bridgehead atoms. The van der Waals surface area contributed by atoms with Crippen molar-refractivity contribution >= 4 is 32.6 Å². The van der Waals surface area contributed by atoms with Crippen molar-refractivity contribution in [3.8, 4) is 33.5 Å². The Morgan fingerprint density at radius 2 is 1.05 bits per heavy atom. The van der Waals surface area contributed by atoms with Crippen LogP contribution in [0, 0.1) is 0 Å². The van der Waals surface area contributed by atoms with Gasteiger partial charge in [-0.05, 0) is 50.2 Å². The summed E-state index contributed by atoms with van der Waals surface area (Å²) in [6, 6.07) is 41.3. The van der Waals surface area contributed by atoms with Gasteiger partial charge in [-0.2, -0.15) is 0 Å². The van der Waals surface area contributed by atoms with Gasteiger partial charge in [0.2, 0.25) is 0 Å². The van der Waals surface area contributed by atoms with Gasteiger partial charge in [0, 0.05) is 21.8 Å². The van der Waals surface area contributed by atoms with Crippen LogP contribution >= 0.6 is 0 Å². The van der Waals surface area contributed by atoms with Gasteiger partial charge in [-0.1, -0.05) is 123 Å². The van der Waals surface area contributed by atoms with Crippen LogP contribution in [0.2, 0.25) is 0 Å². The van der Waals surface area contributed by atoms with E-state index in [1.54, 1.807) is 0 Å². The summed E-state index contributed by atoms with van der Waals surface area (Å²) < 4.78 is 0. The second-order valence-corrected chi connectivity index (χ2v) is 11.0. The Bertz CT molecular complexity index is 2070. The molecule has 0 amide bonds. The van der Waals surface area contributed by atoms with E-state index < -0.39 is 0 Å². The van der Waals surface area contributed by atoms with Crippen LogP contribution in [0.4, 0.5) is 0 Å². The SMILES string of the molecule is CC1(C)c2ccccc2-c2ccc(-c3ccccc3-c3cnc4c5ccccc5c5ccccc5c4n3)cc21. The number of nitrogens with zero attached hydrogens (tertiary/aromatic N) is 2. The Morgan fingerprint density at radius 3 is 1.79 bits per heavy atom. The fraction of sp³-hybridized carbons (Fsp3) is 0.0811. The van der Waals surface area contributed by atoms with Gasteiger partial charge in [0.15, 0.2) is 0 Å². The predicted octanol–water partition coefficient (Wildman–Crippen LogP) is 9.58. The second-order valence-electron chi connectivity index (χ2n) is 11.0. The average Bonchev–Trinajstić information content (AvgIpc) is 3.23. The molecular weight excluding hydrogens is 472 g/mol. The molecule has 0 fully saturated rings. The largest absolute Gasteiger partial charge is 0.252 e. The van der Waals surface area contributed by atoms with Gasteiger partial charge in [-0.3, -0.25) is 4.98 Å². The number of hydrogen-bond acceptors (Lipinski definition) is 2. The van der Waals surface area contributed by atoms with Crippen LogP contribution in [-0.4, -0.2) is 9.97 Å². The van der Waals surface area contributed by atoms with Gasteiger partial charge >= 0.3 is 0 Å². The van der Waals surface area contributed by atoms with Crippen LogP contribution in [0.3, 0.4) is 0 Å². The third-order valence-electron chi connectivity index (χ3n) is 8.52. The highest BCUT2D eigenvalue weighted by Gasteiger charge is 2.35. The highest BCUT2D eigenvalue weighted by atomic mass is 14.8. The monoisotopic (exact) mass is 498 g/mol. The first-order chi connectivity index (χ1) is 19.1. The highest BCUT2D eigenvalue weighted by molar-refractivity contribution is 6.23. The van der Waals surface area contributed by atoms with E-state index in [2.05, 4.69) is 129 Å². The Morgan fingerprint density at radius 1 is 0.487 bits per heavy atom. The lowest BCUT2D eigenvalue weighted by molar-refractivity contribution is 0.660. The summed E-state index contributed by atoms with van der Waals surface area (Å²) in [5, 5.41) is 4.69. The molecular formula is C37H26N2. The van der Waals surface area contributed by atoms with E-state index in [0.717, 1.165) is 33.1 Å². The lowest BCUT2D eigenvalue weighted by Crippen LogP contribution is -2.14. The van der Waals surface area contributed by atoms with Gasteiger partial charge in [0.05, 0.1) is 22.9 Å². The Hall–Kier alpha value is -4.82. The van der Waals surface area contributed by atoms with Crippen LogP contribution in [0.1, 0.15) is 25.0 Å². The average molecular weight is 499 g/mol. The first kappa shape index (κ1) is 22.2. The van der Waals surface area contributed by atoms with E-state index in [0.29, 0.717) is 0 Å². The predicted molar refractivity (Wildman–Crippen MR) is 163 cm³/mol. The van der Waals surface area contributed by atoms with E-state index in [1.807, 2.05) is 6.20 Å². The van der Waals surface area contributed by atoms with Crippen molar-refractivity contribution in [3.05, 3.63) is 133 Å². The quantitative estimate of drug-likeness (QED) is 0.222. The van der Waals surface area contributed by atoms with E-state index in [1.165, 1.54) is 44.2 Å². The Labute approximate surface area is 227 Å². The van der Waals surface area contributed by atoms with Crippen molar-refractivity contribution < 1.29 is 0 Å². The maximum atomic E-state index is 5.28. The number of benzene rings is 6. The van der Waals surface area contributed by atoms with Gasteiger partial charge in [-0.25, -0.2) is 4.98 Å². The summed E-state index contributed by atoms with van der Waals surface area (Å²) in [4.78, 5) is 10.3. The molecule has 0 radical (unpaired) electrons. The van der Waals surface area contributed by atoms with Gasteiger partial charge in [0.1, 0.15) is 0 Å². The maximum absolute atomic E-state index is 5.28.